The number of rotatable bonds is 6. The van der Waals surface area contributed by atoms with E-state index in [2.05, 4.69) is 15.4 Å². The lowest BCUT2D eigenvalue weighted by Crippen LogP contribution is -2.30. The van der Waals surface area contributed by atoms with E-state index in [0.717, 1.165) is 0 Å². The molecule has 0 radical (unpaired) electrons. The summed E-state index contributed by atoms with van der Waals surface area (Å²) in [6.07, 6.45) is 1.53. The number of anilines is 1. The molecule has 0 spiro atoms. The first-order valence-corrected chi connectivity index (χ1v) is 8.55. The van der Waals surface area contributed by atoms with E-state index in [1.807, 2.05) is 0 Å². The van der Waals surface area contributed by atoms with Gasteiger partial charge >= 0.3 is 6.03 Å². The zero-order valence-corrected chi connectivity index (χ0v) is 13.7. The number of hydrogen-bond acceptors (Lipinski definition) is 4. The van der Waals surface area contributed by atoms with Crippen molar-refractivity contribution in [3.8, 4) is 0 Å². The Kier molecular flexibility index (Phi) is 5.41. The van der Waals surface area contributed by atoms with Gasteiger partial charge in [0.05, 0.1) is 17.7 Å². The maximum absolute atomic E-state index is 12.0. The highest BCUT2D eigenvalue weighted by Gasteiger charge is 2.15. The number of sulfonamides is 1. The van der Waals surface area contributed by atoms with E-state index in [4.69, 9.17) is 4.42 Å². The first-order valence-electron chi connectivity index (χ1n) is 7.06. The second kappa shape index (κ2) is 7.30. The number of urea groups is 1. The van der Waals surface area contributed by atoms with Crippen LogP contribution in [0.3, 0.4) is 0 Å². The van der Waals surface area contributed by atoms with Gasteiger partial charge in [-0.2, -0.15) is 0 Å². The maximum Gasteiger partial charge on any atom is 0.319 e. The Bertz CT molecular complexity index is 738. The van der Waals surface area contributed by atoms with Crippen molar-refractivity contribution in [2.45, 2.75) is 31.3 Å². The summed E-state index contributed by atoms with van der Waals surface area (Å²) in [5, 5.41) is 5.25. The quantitative estimate of drug-likeness (QED) is 0.753. The summed E-state index contributed by atoms with van der Waals surface area (Å²) in [4.78, 5) is 11.9. The van der Waals surface area contributed by atoms with Crippen molar-refractivity contribution >= 4 is 21.7 Å². The number of furan rings is 1. The lowest BCUT2D eigenvalue weighted by atomic mass is 10.3. The Morgan fingerprint density at radius 3 is 2.43 bits per heavy atom. The number of carbonyl (C=O) groups is 1. The number of carbonyl (C=O) groups excluding carboxylic acids is 1. The third-order valence-corrected chi connectivity index (χ3v) is 4.49. The molecule has 0 saturated carbocycles. The molecule has 1 aromatic heterocycles. The van der Waals surface area contributed by atoms with Gasteiger partial charge in [0.15, 0.2) is 0 Å². The third-order valence-electron chi connectivity index (χ3n) is 2.82. The van der Waals surface area contributed by atoms with Gasteiger partial charge in [0.25, 0.3) is 0 Å². The Labute approximate surface area is 135 Å². The molecule has 1 heterocycles. The van der Waals surface area contributed by atoms with E-state index in [0.29, 0.717) is 11.4 Å². The highest BCUT2D eigenvalue weighted by Crippen LogP contribution is 2.14. The lowest BCUT2D eigenvalue weighted by molar-refractivity contribution is 0.251. The molecule has 1 aromatic carbocycles. The van der Waals surface area contributed by atoms with E-state index in [9.17, 15) is 13.2 Å². The van der Waals surface area contributed by atoms with E-state index in [1.165, 1.54) is 30.5 Å². The molecule has 0 unspecified atom stereocenters. The van der Waals surface area contributed by atoms with Gasteiger partial charge in [0.1, 0.15) is 5.76 Å². The minimum Gasteiger partial charge on any atom is -0.467 e. The van der Waals surface area contributed by atoms with Crippen LogP contribution in [0.2, 0.25) is 0 Å². The smallest absolute Gasteiger partial charge is 0.319 e. The molecule has 0 saturated heterocycles. The molecule has 0 aliphatic rings. The number of amides is 2. The average Bonchev–Trinajstić information content (AvgIpc) is 2.97. The molecular weight excluding hydrogens is 318 g/mol. The van der Waals surface area contributed by atoms with E-state index in [-0.39, 0.29) is 17.5 Å². The van der Waals surface area contributed by atoms with Crippen LogP contribution in [0.1, 0.15) is 19.6 Å². The Morgan fingerprint density at radius 1 is 1.17 bits per heavy atom. The maximum atomic E-state index is 12.0. The largest absolute Gasteiger partial charge is 0.467 e. The highest BCUT2D eigenvalue weighted by atomic mass is 32.2. The van der Waals surface area contributed by atoms with Gasteiger partial charge in [-0.05, 0) is 50.2 Å². The Morgan fingerprint density at radius 2 is 1.87 bits per heavy atom. The zero-order chi connectivity index (χ0) is 16.9. The van der Waals surface area contributed by atoms with Gasteiger partial charge in [0, 0.05) is 11.7 Å². The molecule has 2 rings (SSSR count). The summed E-state index contributed by atoms with van der Waals surface area (Å²) < 4.78 is 31.6. The summed E-state index contributed by atoms with van der Waals surface area (Å²) in [6, 6.07) is 8.83. The van der Waals surface area contributed by atoms with Crippen molar-refractivity contribution in [2.24, 2.45) is 0 Å². The van der Waals surface area contributed by atoms with E-state index in [1.54, 1.807) is 26.0 Å². The highest BCUT2D eigenvalue weighted by molar-refractivity contribution is 7.89. The van der Waals surface area contributed by atoms with Gasteiger partial charge < -0.3 is 15.1 Å². The van der Waals surface area contributed by atoms with Crippen LogP contribution >= 0.6 is 0 Å². The Balaban J connectivity index is 1.93. The van der Waals surface area contributed by atoms with E-state index < -0.39 is 16.1 Å². The van der Waals surface area contributed by atoms with Crippen LogP contribution in [-0.2, 0) is 16.6 Å². The molecule has 124 valence electrons. The molecular formula is C15H19N3O4S. The summed E-state index contributed by atoms with van der Waals surface area (Å²) in [5.41, 5.74) is 0.491. The van der Waals surface area contributed by atoms with Crippen LogP contribution in [0, 0.1) is 0 Å². The average molecular weight is 337 g/mol. The molecule has 0 aliphatic heterocycles. The number of nitrogens with one attached hydrogen (secondary N) is 3. The molecule has 0 atom stereocenters. The molecule has 23 heavy (non-hydrogen) atoms. The molecule has 0 fully saturated rings. The second-order valence-electron chi connectivity index (χ2n) is 5.19. The summed E-state index contributed by atoms with van der Waals surface area (Å²) in [6.45, 7) is 3.76. The minimum atomic E-state index is -3.54. The summed E-state index contributed by atoms with van der Waals surface area (Å²) in [7, 11) is -3.54. The normalized spacial score (nSPS) is 11.4. The zero-order valence-electron chi connectivity index (χ0n) is 12.9. The van der Waals surface area contributed by atoms with Gasteiger partial charge in [-0.1, -0.05) is 0 Å². The van der Waals surface area contributed by atoms with Gasteiger partial charge in [-0.3, -0.25) is 0 Å². The summed E-state index contributed by atoms with van der Waals surface area (Å²) in [5.74, 6) is 0.640. The van der Waals surface area contributed by atoms with Gasteiger partial charge in [-0.25, -0.2) is 17.9 Å². The van der Waals surface area contributed by atoms with Crippen LogP contribution in [-0.4, -0.2) is 20.5 Å². The molecule has 7 nitrogen and oxygen atoms in total. The van der Waals surface area contributed by atoms with Crippen molar-refractivity contribution in [3.05, 3.63) is 48.4 Å². The molecule has 3 N–H and O–H groups in total. The van der Waals surface area contributed by atoms with Crippen LogP contribution in [0.15, 0.2) is 52.0 Å². The molecule has 0 aliphatic carbocycles. The van der Waals surface area contributed by atoms with Crippen molar-refractivity contribution < 1.29 is 17.6 Å². The second-order valence-corrected chi connectivity index (χ2v) is 6.90. The van der Waals surface area contributed by atoms with Crippen molar-refractivity contribution in [2.75, 3.05) is 5.32 Å². The van der Waals surface area contributed by atoms with Gasteiger partial charge in [-0.15, -0.1) is 0 Å². The molecule has 0 bridgehead atoms. The monoisotopic (exact) mass is 337 g/mol. The SMILES string of the molecule is CC(C)NS(=O)(=O)c1ccc(NC(=O)NCc2ccco2)cc1. The predicted octanol–water partition coefficient (Wildman–Crippen LogP) is 2.29. The molecule has 8 heteroatoms. The van der Waals surface area contributed by atoms with Crippen LogP contribution in [0.5, 0.6) is 0 Å². The lowest BCUT2D eigenvalue weighted by Gasteiger charge is -2.10. The fraction of sp³-hybridized carbons (Fsp3) is 0.267. The van der Waals surface area contributed by atoms with Crippen LogP contribution < -0.4 is 15.4 Å². The molecule has 2 aromatic rings. The van der Waals surface area contributed by atoms with Crippen molar-refractivity contribution in [1.82, 2.24) is 10.0 Å². The van der Waals surface area contributed by atoms with E-state index >= 15 is 0 Å². The third kappa shape index (κ3) is 5.11. The number of benzene rings is 1. The van der Waals surface area contributed by atoms with Gasteiger partial charge in [0.2, 0.25) is 10.0 Å². The fourth-order valence-electron chi connectivity index (χ4n) is 1.85. The predicted molar refractivity (Wildman–Crippen MR) is 86.5 cm³/mol. The van der Waals surface area contributed by atoms with Crippen LogP contribution in [0.4, 0.5) is 10.5 Å². The van der Waals surface area contributed by atoms with Crippen LogP contribution in [0.25, 0.3) is 0 Å². The summed E-state index contributed by atoms with van der Waals surface area (Å²) >= 11 is 0. The topological polar surface area (TPSA) is 100 Å². The van der Waals surface area contributed by atoms with Crippen molar-refractivity contribution in [3.63, 3.8) is 0 Å². The minimum absolute atomic E-state index is 0.146. The number of hydrogen-bond donors (Lipinski definition) is 3. The van der Waals surface area contributed by atoms with Crippen molar-refractivity contribution in [1.29, 1.82) is 0 Å². The molecule has 2 amide bonds. The standard InChI is InChI=1S/C15H19N3O4S/c1-11(2)18-23(20,21)14-7-5-12(6-8-14)17-15(19)16-10-13-4-3-9-22-13/h3-9,11,18H,10H2,1-2H3,(H2,16,17,19). The Hall–Kier alpha value is -2.32. The first-order chi connectivity index (χ1) is 10.9. The first kappa shape index (κ1) is 17.0. The fourth-order valence-corrected chi connectivity index (χ4v) is 3.10.